The Morgan fingerprint density at radius 3 is 2.58 bits per heavy atom. The van der Waals surface area contributed by atoms with Crippen LogP contribution in [0.3, 0.4) is 0 Å². The highest BCUT2D eigenvalue weighted by Crippen LogP contribution is 2.35. The van der Waals surface area contributed by atoms with Gasteiger partial charge in [-0.2, -0.15) is 18.3 Å². The molecule has 40 heavy (non-hydrogen) atoms. The maximum atomic E-state index is 13.5. The number of fused-ring (bicyclic) bond motifs is 1. The zero-order chi connectivity index (χ0) is 28.8. The van der Waals surface area contributed by atoms with Gasteiger partial charge in [0.25, 0.3) is 5.91 Å². The Balaban J connectivity index is 1.33. The van der Waals surface area contributed by atoms with Crippen molar-refractivity contribution in [1.29, 1.82) is 0 Å². The van der Waals surface area contributed by atoms with Crippen molar-refractivity contribution < 1.29 is 26.4 Å². The van der Waals surface area contributed by atoms with Gasteiger partial charge in [0, 0.05) is 34.4 Å². The average Bonchev–Trinajstić information content (AvgIpc) is 3.47. The Bertz CT molecular complexity index is 1540. The van der Waals surface area contributed by atoms with Crippen LogP contribution in [0.25, 0.3) is 10.9 Å². The van der Waals surface area contributed by atoms with Crippen molar-refractivity contribution in [3.05, 3.63) is 52.4 Å². The van der Waals surface area contributed by atoms with Crippen molar-refractivity contribution in [2.24, 2.45) is 0 Å². The number of sulfone groups is 1. The van der Waals surface area contributed by atoms with Gasteiger partial charge in [-0.15, -0.1) is 0 Å². The van der Waals surface area contributed by atoms with Crippen molar-refractivity contribution in [1.82, 2.24) is 20.1 Å². The van der Waals surface area contributed by atoms with Gasteiger partial charge in [-0.3, -0.25) is 9.48 Å². The van der Waals surface area contributed by atoms with Crippen LogP contribution < -0.4 is 10.6 Å². The zero-order valence-corrected chi connectivity index (χ0v) is 23.7. The second-order valence-corrected chi connectivity index (χ2v) is 13.7. The molecule has 1 saturated heterocycles. The molecule has 2 fully saturated rings. The molecule has 1 aromatic carbocycles. The van der Waals surface area contributed by atoms with Gasteiger partial charge >= 0.3 is 6.18 Å². The number of carbonyl (C=O) groups excluding carboxylic acids is 1. The van der Waals surface area contributed by atoms with Crippen LogP contribution in [0.4, 0.5) is 18.9 Å². The molecule has 2 N–H and O–H groups in total. The van der Waals surface area contributed by atoms with E-state index in [-0.39, 0.29) is 47.0 Å². The SMILES string of the molecule is CC(C)c1nn(C2CCS(=O)(=O)C2)cc1C(=O)N[C@@H]1CCC[C@H](Nc2cc(C(F)(F)F)nc3ccc(Cl)cc23)C1. The number of benzene rings is 1. The first kappa shape index (κ1) is 28.7. The molecular weight excluding hydrogens is 567 g/mol. The lowest BCUT2D eigenvalue weighted by molar-refractivity contribution is -0.140. The minimum atomic E-state index is -4.60. The van der Waals surface area contributed by atoms with Crippen molar-refractivity contribution >= 4 is 43.9 Å². The number of rotatable bonds is 6. The summed E-state index contributed by atoms with van der Waals surface area (Å²) in [4.78, 5) is 17.1. The van der Waals surface area contributed by atoms with Crippen LogP contribution in [-0.2, 0) is 16.0 Å². The van der Waals surface area contributed by atoms with Gasteiger partial charge in [0.15, 0.2) is 9.84 Å². The van der Waals surface area contributed by atoms with Crippen molar-refractivity contribution in [2.75, 3.05) is 16.8 Å². The quantitative estimate of drug-likeness (QED) is 0.375. The highest BCUT2D eigenvalue weighted by Gasteiger charge is 2.35. The van der Waals surface area contributed by atoms with E-state index in [0.717, 1.165) is 25.3 Å². The summed E-state index contributed by atoms with van der Waals surface area (Å²) in [5, 5.41) is 11.8. The van der Waals surface area contributed by atoms with Crippen LogP contribution in [0.1, 0.15) is 79.7 Å². The van der Waals surface area contributed by atoms with E-state index in [1.54, 1.807) is 16.9 Å². The Kier molecular flexibility index (Phi) is 7.77. The van der Waals surface area contributed by atoms with Crippen LogP contribution in [0.5, 0.6) is 0 Å². The van der Waals surface area contributed by atoms with Gasteiger partial charge in [-0.1, -0.05) is 25.4 Å². The molecule has 1 saturated carbocycles. The molecule has 0 radical (unpaired) electrons. The van der Waals surface area contributed by atoms with Crippen LogP contribution in [-0.4, -0.2) is 52.7 Å². The third-order valence-electron chi connectivity index (χ3n) is 7.56. The summed E-state index contributed by atoms with van der Waals surface area (Å²) in [6, 6.07) is 4.90. The number of nitrogens with zero attached hydrogens (tertiary/aromatic N) is 3. The van der Waals surface area contributed by atoms with E-state index in [2.05, 4.69) is 20.7 Å². The Morgan fingerprint density at radius 1 is 1.15 bits per heavy atom. The smallest absolute Gasteiger partial charge is 0.382 e. The summed E-state index contributed by atoms with van der Waals surface area (Å²) in [6.07, 6.45) is 0.243. The van der Waals surface area contributed by atoms with Gasteiger partial charge in [-0.05, 0) is 62.3 Å². The number of carbonyl (C=O) groups is 1. The minimum Gasteiger partial charge on any atom is -0.382 e. The van der Waals surface area contributed by atoms with Gasteiger partial charge in [0.1, 0.15) is 5.69 Å². The number of anilines is 1. The monoisotopic (exact) mass is 597 g/mol. The van der Waals surface area contributed by atoms with E-state index in [0.29, 0.717) is 40.2 Å². The molecule has 2 aromatic heterocycles. The molecule has 3 heterocycles. The van der Waals surface area contributed by atoms with Crippen LogP contribution in [0.15, 0.2) is 30.5 Å². The van der Waals surface area contributed by atoms with E-state index >= 15 is 0 Å². The largest absolute Gasteiger partial charge is 0.433 e. The predicted molar refractivity (Wildman–Crippen MR) is 148 cm³/mol. The molecule has 5 rings (SSSR count). The van der Waals surface area contributed by atoms with Crippen molar-refractivity contribution in [3.63, 3.8) is 0 Å². The number of hydrogen-bond donors (Lipinski definition) is 2. The van der Waals surface area contributed by atoms with E-state index < -0.39 is 21.7 Å². The number of amides is 1. The lowest BCUT2D eigenvalue weighted by Gasteiger charge is -2.31. The van der Waals surface area contributed by atoms with Gasteiger partial charge in [0.2, 0.25) is 0 Å². The summed E-state index contributed by atoms with van der Waals surface area (Å²) < 4.78 is 66.2. The van der Waals surface area contributed by atoms with Gasteiger partial charge in [-0.25, -0.2) is 13.4 Å². The van der Waals surface area contributed by atoms with E-state index in [9.17, 15) is 26.4 Å². The van der Waals surface area contributed by atoms with Crippen LogP contribution in [0, 0.1) is 0 Å². The Morgan fingerprint density at radius 2 is 1.90 bits per heavy atom. The normalized spacial score (nSPS) is 23.0. The first-order chi connectivity index (χ1) is 18.8. The molecule has 1 aliphatic carbocycles. The molecule has 0 bridgehead atoms. The predicted octanol–water partition coefficient (Wildman–Crippen LogP) is 5.74. The maximum Gasteiger partial charge on any atom is 0.433 e. The number of hydrogen-bond acceptors (Lipinski definition) is 6. The summed E-state index contributed by atoms with van der Waals surface area (Å²) in [7, 11) is -3.11. The van der Waals surface area contributed by atoms with Crippen molar-refractivity contribution in [3.8, 4) is 0 Å². The molecular formula is C27H31ClF3N5O3S. The molecule has 3 aromatic rings. The third kappa shape index (κ3) is 6.22. The summed E-state index contributed by atoms with van der Waals surface area (Å²) in [6.45, 7) is 3.85. The van der Waals surface area contributed by atoms with Gasteiger partial charge < -0.3 is 10.6 Å². The Hall–Kier alpha value is -2.86. The summed E-state index contributed by atoms with van der Waals surface area (Å²) >= 11 is 6.13. The molecule has 3 atom stereocenters. The topological polar surface area (TPSA) is 106 Å². The first-order valence-corrected chi connectivity index (χ1v) is 15.5. The van der Waals surface area contributed by atoms with E-state index in [4.69, 9.17) is 11.6 Å². The molecule has 0 spiro atoms. The zero-order valence-electron chi connectivity index (χ0n) is 22.1. The van der Waals surface area contributed by atoms with Crippen molar-refractivity contribution in [2.45, 2.75) is 76.2 Å². The maximum absolute atomic E-state index is 13.5. The average molecular weight is 598 g/mol. The van der Waals surface area contributed by atoms with Crippen LogP contribution in [0.2, 0.25) is 5.02 Å². The molecule has 8 nitrogen and oxygen atoms in total. The molecule has 1 unspecified atom stereocenters. The Labute approximate surface area is 235 Å². The fraction of sp³-hybridized carbons (Fsp3) is 0.519. The molecule has 216 valence electrons. The first-order valence-electron chi connectivity index (χ1n) is 13.3. The summed E-state index contributed by atoms with van der Waals surface area (Å²) in [5.74, 6) is -0.221. The number of alkyl halides is 3. The second kappa shape index (κ2) is 10.8. The third-order valence-corrected chi connectivity index (χ3v) is 9.55. The minimum absolute atomic E-state index is 0.00814. The van der Waals surface area contributed by atoms with E-state index in [1.165, 1.54) is 12.1 Å². The number of pyridine rings is 1. The highest BCUT2D eigenvalue weighted by molar-refractivity contribution is 7.91. The van der Waals surface area contributed by atoms with Gasteiger partial charge in [0.05, 0.1) is 34.3 Å². The fourth-order valence-electron chi connectivity index (χ4n) is 5.58. The fourth-order valence-corrected chi connectivity index (χ4v) is 7.45. The molecule has 1 amide bonds. The second-order valence-electron chi connectivity index (χ2n) is 11.0. The number of nitrogens with one attached hydrogen (secondary N) is 2. The van der Waals surface area contributed by atoms with Crippen LogP contribution >= 0.6 is 11.6 Å². The number of aromatic nitrogens is 3. The number of halogens is 4. The molecule has 2 aliphatic rings. The standard InChI is InChI=1S/C27H31ClF3N5O3S/c1-15(2)25-21(13-36(35-25)19-8-9-40(38,39)14-19)26(37)33-18-5-3-4-17(11-18)32-23-12-24(27(29,30)31)34-22-7-6-16(28)10-20(22)23/h6-7,10,12-13,15,17-19H,3-5,8-9,11,14H2,1-2H3,(H,32,34)(H,33,37)/t17-,18+,19?/m0/s1. The van der Waals surface area contributed by atoms with E-state index in [1.807, 2.05) is 13.8 Å². The highest BCUT2D eigenvalue weighted by atomic mass is 35.5. The molecule has 1 aliphatic heterocycles. The summed E-state index contributed by atoms with van der Waals surface area (Å²) in [5.41, 5.74) is 0.521. The lowest BCUT2D eigenvalue weighted by atomic mass is 9.90. The lowest BCUT2D eigenvalue weighted by Crippen LogP contribution is -2.42. The molecule has 13 heteroatoms.